The molecule has 0 atom stereocenters. The largest absolute Gasteiger partial charge is 0.478 e. The summed E-state index contributed by atoms with van der Waals surface area (Å²) in [5.74, 6) is -1.04. The van der Waals surface area contributed by atoms with Crippen LogP contribution in [0.3, 0.4) is 0 Å². The predicted octanol–water partition coefficient (Wildman–Crippen LogP) is 3.67. The average molecular weight is 277 g/mol. The first kappa shape index (κ1) is 13.2. The van der Waals surface area contributed by atoms with Gasteiger partial charge in [0.15, 0.2) is 0 Å². The maximum atomic E-state index is 10.9. The molecule has 0 aliphatic carbocycles. The summed E-state index contributed by atoms with van der Waals surface area (Å²) >= 11 is 6.11. The van der Waals surface area contributed by atoms with Crippen molar-refractivity contribution in [2.45, 2.75) is 6.92 Å². The zero-order chi connectivity index (χ0) is 14.0. The monoisotopic (exact) mass is 276 g/mol. The number of carboxylic acid groups (broad SMARTS) is 1. The molecule has 0 aliphatic heterocycles. The number of nitrogens with one attached hydrogen (secondary N) is 1. The van der Waals surface area contributed by atoms with E-state index >= 15 is 0 Å². The molecule has 0 bridgehead atoms. The van der Waals surface area contributed by atoms with Gasteiger partial charge in [-0.25, -0.2) is 4.79 Å². The van der Waals surface area contributed by atoms with Gasteiger partial charge in [0.1, 0.15) is 0 Å². The van der Waals surface area contributed by atoms with E-state index in [1.54, 1.807) is 18.2 Å². The van der Waals surface area contributed by atoms with E-state index in [0.717, 1.165) is 11.3 Å². The molecule has 5 heteroatoms. The summed E-state index contributed by atoms with van der Waals surface area (Å²) in [7, 11) is 0. The Kier molecular flexibility index (Phi) is 3.62. The van der Waals surface area contributed by atoms with Gasteiger partial charge in [-0.1, -0.05) is 23.7 Å². The number of carboxylic acids is 1. The third kappa shape index (κ3) is 2.80. The molecular formula is C14H13ClN2O2. The van der Waals surface area contributed by atoms with Gasteiger partial charge in [-0.15, -0.1) is 0 Å². The highest BCUT2D eigenvalue weighted by atomic mass is 35.5. The number of hydrogen-bond donors (Lipinski definition) is 3. The SMILES string of the molecule is Cc1cccc(Cl)c1Nc1ccc(C(=O)O)c(N)c1. The van der Waals surface area contributed by atoms with Crippen LogP contribution in [-0.2, 0) is 0 Å². The van der Waals surface area contributed by atoms with Crippen molar-refractivity contribution in [2.75, 3.05) is 11.1 Å². The van der Waals surface area contributed by atoms with Gasteiger partial charge >= 0.3 is 5.97 Å². The van der Waals surface area contributed by atoms with Crippen molar-refractivity contribution >= 4 is 34.6 Å². The Balaban J connectivity index is 2.34. The van der Waals surface area contributed by atoms with Crippen LogP contribution in [-0.4, -0.2) is 11.1 Å². The number of rotatable bonds is 3. The van der Waals surface area contributed by atoms with E-state index in [9.17, 15) is 4.79 Å². The number of nitrogen functional groups attached to an aromatic ring is 1. The molecule has 2 aromatic carbocycles. The van der Waals surface area contributed by atoms with Crippen LogP contribution in [0, 0.1) is 6.92 Å². The van der Waals surface area contributed by atoms with Crippen molar-refractivity contribution < 1.29 is 9.90 Å². The Labute approximate surface area is 115 Å². The van der Waals surface area contributed by atoms with Crippen LogP contribution in [0.1, 0.15) is 15.9 Å². The van der Waals surface area contributed by atoms with E-state index in [1.807, 2.05) is 19.1 Å². The third-order valence-corrected chi connectivity index (χ3v) is 3.09. The fourth-order valence-corrected chi connectivity index (χ4v) is 2.04. The van der Waals surface area contributed by atoms with E-state index in [0.29, 0.717) is 10.7 Å². The molecule has 98 valence electrons. The molecule has 2 rings (SSSR count). The molecule has 0 spiro atoms. The molecule has 0 amide bonds. The highest BCUT2D eigenvalue weighted by Gasteiger charge is 2.09. The van der Waals surface area contributed by atoms with E-state index in [1.165, 1.54) is 6.07 Å². The smallest absolute Gasteiger partial charge is 0.337 e. The van der Waals surface area contributed by atoms with Crippen molar-refractivity contribution in [3.63, 3.8) is 0 Å². The second kappa shape index (κ2) is 5.20. The lowest BCUT2D eigenvalue weighted by molar-refractivity contribution is 0.0698. The Morgan fingerprint density at radius 2 is 2.05 bits per heavy atom. The molecule has 0 aromatic heterocycles. The molecule has 19 heavy (non-hydrogen) atoms. The number of halogens is 1. The number of aromatic carboxylic acids is 1. The van der Waals surface area contributed by atoms with Gasteiger partial charge in [-0.2, -0.15) is 0 Å². The lowest BCUT2D eigenvalue weighted by atomic mass is 10.1. The Morgan fingerprint density at radius 3 is 2.63 bits per heavy atom. The molecule has 0 unspecified atom stereocenters. The fourth-order valence-electron chi connectivity index (χ4n) is 1.77. The van der Waals surface area contributed by atoms with Crippen molar-refractivity contribution in [2.24, 2.45) is 0 Å². The van der Waals surface area contributed by atoms with Crippen molar-refractivity contribution in [3.05, 3.63) is 52.5 Å². The summed E-state index contributed by atoms with van der Waals surface area (Å²) in [6.45, 7) is 1.93. The number of benzene rings is 2. The highest BCUT2D eigenvalue weighted by molar-refractivity contribution is 6.33. The van der Waals surface area contributed by atoms with Gasteiger partial charge in [0.2, 0.25) is 0 Å². The Bertz CT molecular complexity index is 621. The topological polar surface area (TPSA) is 75.3 Å². The Morgan fingerprint density at radius 1 is 1.32 bits per heavy atom. The zero-order valence-corrected chi connectivity index (χ0v) is 11.0. The van der Waals surface area contributed by atoms with Gasteiger partial charge in [-0.3, -0.25) is 0 Å². The Hall–Kier alpha value is -2.20. The van der Waals surface area contributed by atoms with Crippen molar-refractivity contribution in [1.82, 2.24) is 0 Å². The summed E-state index contributed by atoms with van der Waals surface area (Å²) in [6, 6.07) is 10.3. The molecule has 0 fully saturated rings. The summed E-state index contributed by atoms with van der Waals surface area (Å²) < 4.78 is 0. The molecular weight excluding hydrogens is 264 g/mol. The molecule has 4 nitrogen and oxygen atoms in total. The maximum absolute atomic E-state index is 10.9. The second-order valence-electron chi connectivity index (χ2n) is 4.16. The standard InChI is InChI=1S/C14H13ClN2O2/c1-8-3-2-4-11(15)13(8)17-9-5-6-10(14(18)19)12(16)7-9/h2-7,17H,16H2,1H3,(H,18,19). The van der Waals surface area contributed by atoms with Crippen LogP contribution in [0.5, 0.6) is 0 Å². The predicted molar refractivity (Wildman–Crippen MR) is 77.3 cm³/mol. The minimum atomic E-state index is -1.04. The molecule has 0 saturated heterocycles. The average Bonchev–Trinajstić information content (AvgIpc) is 2.33. The van der Waals surface area contributed by atoms with Crippen LogP contribution >= 0.6 is 11.6 Å². The van der Waals surface area contributed by atoms with E-state index in [4.69, 9.17) is 22.4 Å². The minimum Gasteiger partial charge on any atom is -0.478 e. The van der Waals surface area contributed by atoms with E-state index < -0.39 is 5.97 Å². The number of para-hydroxylation sites is 1. The summed E-state index contributed by atoms with van der Waals surface area (Å²) in [4.78, 5) is 10.9. The third-order valence-electron chi connectivity index (χ3n) is 2.77. The normalized spacial score (nSPS) is 10.2. The summed E-state index contributed by atoms with van der Waals surface area (Å²) in [6.07, 6.45) is 0. The van der Waals surface area contributed by atoms with Gasteiger partial charge < -0.3 is 16.2 Å². The number of anilines is 3. The van der Waals surface area contributed by atoms with Gasteiger partial charge in [-0.05, 0) is 36.8 Å². The molecule has 0 heterocycles. The number of hydrogen-bond acceptors (Lipinski definition) is 3. The lowest BCUT2D eigenvalue weighted by Crippen LogP contribution is -2.03. The number of nitrogens with two attached hydrogens (primary N) is 1. The molecule has 0 aliphatic rings. The van der Waals surface area contributed by atoms with Crippen molar-refractivity contribution in [1.29, 1.82) is 0 Å². The molecule has 4 N–H and O–H groups in total. The number of carbonyl (C=O) groups is 1. The number of aryl methyl sites for hydroxylation is 1. The summed E-state index contributed by atoms with van der Waals surface area (Å²) in [5, 5.41) is 12.7. The van der Waals surface area contributed by atoms with Crippen LogP contribution in [0.25, 0.3) is 0 Å². The van der Waals surface area contributed by atoms with E-state index in [2.05, 4.69) is 5.32 Å². The lowest BCUT2D eigenvalue weighted by Gasteiger charge is -2.12. The molecule has 0 saturated carbocycles. The van der Waals surface area contributed by atoms with Crippen LogP contribution in [0.4, 0.5) is 17.1 Å². The fraction of sp³-hybridized carbons (Fsp3) is 0.0714. The van der Waals surface area contributed by atoms with Gasteiger partial charge in [0, 0.05) is 11.4 Å². The first-order valence-corrected chi connectivity index (χ1v) is 6.02. The van der Waals surface area contributed by atoms with Gasteiger partial charge in [0.05, 0.1) is 16.3 Å². The minimum absolute atomic E-state index is 0.0847. The zero-order valence-electron chi connectivity index (χ0n) is 10.3. The first-order chi connectivity index (χ1) is 8.99. The second-order valence-corrected chi connectivity index (χ2v) is 4.57. The highest BCUT2D eigenvalue weighted by Crippen LogP contribution is 2.29. The molecule has 0 radical (unpaired) electrons. The quantitative estimate of drug-likeness (QED) is 0.748. The summed E-state index contributed by atoms with van der Waals surface area (Å²) in [5.41, 5.74) is 8.46. The van der Waals surface area contributed by atoms with E-state index in [-0.39, 0.29) is 11.3 Å². The van der Waals surface area contributed by atoms with Crippen molar-refractivity contribution in [3.8, 4) is 0 Å². The maximum Gasteiger partial charge on any atom is 0.337 e. The van der Waals surface area contributed by atoms with Crippen LogP contribution < -0.4 is 11.1 Å². The van der Waals surface area contributed by atoms with Crippen LogP contribution in [0.2, 0.25) is 5.02 Å². The molecule has 2 aromatic rings. The first-order valence-electron chi connectivity index (χ1n) is 5.64. The van der Waals surface area contributed by atoms with Crippen LogP contribution in [0.15, 0.2) is 36.4 Å². The van der Waals surface area contributed by atoms with Gasteiger partial charge in [0.25, 0.3) is 0 Å².